The van der Waals surface area contributed by atoms with Crippen LogP contribution in [0.2, 0.25) is 0 Å². The number of anilines is 2. The van der Waals surface area contributed by atoms with Crippen LogP contribution in [-0.4, -0.2) is 15.0 Å². The van der Waals surface area contributed by atoms with Gasteiger partial charge in [-0.2, -0.15) is 0 Å². The van der Waals surface area contributed by atoms with E-state index in [0.717, 1.165) is 27.5 Å². The van der Waals surface area contributed by atoms with Crippen molar-refractivity contribution in [3.8, 4) is 21.8 Å². The van der Waals surface area contributed by atoms with Crippen LogP contribution in [-0.2, 0) is 0 Å². The standard InChI is InChI=1S/C19H14N4S/c1-2-5-15(6-3-1)18-23-17(13-24-18)14-7-9-16(10-8-14)22-19-20-11-4-12-21-19/h1-13H,(H,20,21,22). The van der Waals surface area contributed by atoms with Crippen LogP contribution in [0.25, 0.3) is 21.8 Å². The Hall–Kier alpha value is -3.05. The number of thiazole rings is 1. The summed E-state index contributed by atoms with van der Waals surface area (Å²) < 4.78 is 0. The SMILES string of the molecule is c1ccc(-c2nc(-c3ccc(Nc4ncccn4)cc3)cs2)cc1. The first-order valence-electron chi connectivity index (χ1n) is 7.54. The molecule has 2 aromatic heterocycles. The van der Waals surface area contributed by atoms with Crippen molar-refractivity contribution in [2.24, 2.45) is 0 Å². The Morgan fingerprint density at radius 2 is 1.50 bits per heavy atom. The number of rotatable bonds is 4. The molecule has 0 spiro atoms. The van der Waals surface area contributed by atoms with Gasteiger partial charge in [-0.25, -0.2) is 15.0 Å². The highest BCUT2D eigenvalue weighted by atomic mass is 32.1. The molecular weight excluding hydrogens is 316 g/mol. The van der Waals surface area contributed by atoms with Gasteiger partial charge in [0.25, 0.3) is 0 Å². The van der Waals surface area contributed by atoms with Crippen molar-refractivity contribution in [2.45, 2.75) is 0 Å². The molecule has 4 rings (SSSR count). The van der Waals surface area contributed by atoms with Crippen LogP contribution >= 0.6 is 11.3 Å². The predicted octanol–water partition coefficient (Wildman–Crippen LogP) is 5.01. The number of aromatic nitrogens is 3. The largest absolute Gasteiger partial charge is 0.324 e. The molecule has 5 heteroatoms. The Kier molecular flexibility index (Phi) is 4.00. The molecule has 0 amide bonds. The molecule has 4 nitrogen and oxygen atoms in total. The second-order valence-corrected chi connectivity index (χ2v) is 6.04. The molecular formula is C19H14N4S. The molecule has 24 heavy (non-hydrogen) atoms. The van der Waals surface area contributed by atoms with Crippen molar-refractivity contribution in [1.82, 2.24) is 15.0 Å². The molecule has 0 atom stereocenters. The Labute approximate surface area is 143 Å². The molecule has 4 aromatic rings. The third kappa shape index (κ3) is 3.16. The van der Waals surface area contributed by atoms with E-state index in [4.69, 9.17) is 4.98 Å². The summed E-state index contributed by atoms with van der Waals surface area (Å²) in [5.74, 6) is 0.588. The number of nitrogens with one attached hydrogen (secondary N) is 1. The molecule has 2 heterocycles. The van der Waals surface area contributed by atoms with E-state index in [1.807, 2.05) is 30.3 Å². The maximum absolute atomic E-state index is 4.74. The lowest BCUT2D eigenvalue weighted by molar-refractivity contribution is 1.17. The molecule has 0 aliphatic carbocycles. The van der Waals surface area contributed by atoms with Gasteiger partial charge in [-0.1, -0.05) is 42.5 Å². The lowest BCUT2D eigenvalue weighted by atomic mass is 10.1. The topological polar surface area (TPSA) is 50.7 Å². The summed E-state index contributed by atoms with van der Waals surface area (Å²) in [6.07, 6.45) is 3.42. The van der Waals surface area contributed by atoms with E-state index in [2.05, 4.69) is 44.9 Å². The van der Waals surface area contributed by atoms with Gasteiger partial charge in [0, 0.05) is 34.6 Å². The van der Waals surface area contributed by atoms with Gasteiger partial charge in [-0.05, 0) is 18.2 Å². The van der Waals surface area contributed by atoms with Crippen molar-refractivity contribution in [3.05, 3.63) is 78.4 Å². The highest BCUT2D eigenvalue weighted by Gasteiger charge is 2.06. The van der Waals surface area contributed by atoms with Crippen molar-refractivity contribution in [2.75, 3.05) is 5.32 Å². The first-order chi connectivity index (χ1) is 11.9. The molecule has 0 aliphatic rings. The fourth-order valence-corrected chi connectivity index (χ4v) is 3.17. The quantitative estimate of drug-likeness (QED) is 0.571. The normalized spacial score (nSPS) is 10.5. The van der Waals surface area contributed by atoms with E-state index in [1.165, 1.54) is 0 Å². The van der Waals surface area contributed by atoms with E-state index < -0.39 is 0 Å². The fraction of sp³-hybridized carbons (Fsp3) is 0. The van der Waals surface area contributed by atoms with Gasteiger partial charge in [0.15, 0.2) is 0 Å². The third-order valence-electron chi connectivity index (χ3n) is 3.53. The van der Waals surface area contributed by atoms with Crippen LogP contribution in [0.4, 0.5) is 11.6 Å². The Bertz CT molecular complexity index is 919. The maximum atomic E-state index is 4.74. The summed E-state index contributed by atoms with van der Waals surface area (Å²) in [7, 11) is 0. The van der Waals surface area contributed by atoms with E-state index in [1.54, 1.807) is 29.8 Å². The molecule has 0 saturated carbocycles. The first-order valence-corrected chi connectivity index (χ1v) is 8.42. The van der Waals surface area contributed by atoms with Gasteiger partial charge in [-0.15, -0.1) is 11.3 Å². The molecule has 0 saturated heterocycles. The number of nitrogens with zero attached hydrogens (tertiary/aromatic N) is 3. The van der Waals surface area contributed by atoms with Crippen molar-refractivity contribution in [1.29, 1.82) is 0 Å². The lowest BCUT2D eigenvalue weighted by Crippen LogP contribution is -1.95. The smallest absolute Gasteiger partial charge is 0.227 e. The van der Waals surface area contributed by atoms with Crippen molar-refractivity contribution < 1.29 is 0 Å². The molecule has 2 aromatic carbocycles. The van der Waals surface area contributed by atoms with Gasteiger partial charge >= 0.3 is 0 Å². The summed E-state index contributed by atoms with van der Waals surface area (Å²) in [6.45, 7) is 0. The molecule has 1 N–H and O–H groups in total. The molecule has 0 unspecified atom stereocenters. The van der Waals surface area contributed by atoms with Crippen LogP contribution in [0, 0.1) is 0 Å². The molecule has 0 aliphatic heterocycles. The summed E-state index contributed by atoms with van der Waals surface area (Å²) in [4.78, 5) is 13.1. The second kappa shape index (κ2) is 6.60. The van der Waals surface area contributed by atoms with Gasteiger partial charge in [0.05, 0.1) is 5.69 Å². The highest BCUT2D eigenvalue weighted by Crippen LogP contribution is 2.29. The zero-order valence-electron chi connectivity index (χ0n) is 12.8. The predicted molar refractivity (Wildman–Crippen MR) is 98.3 cm³/mol. The molecule has 0 radical (unpaired) electrons. The first kappa shape index (κ1) is 14.5. The van der Waals surface area contributed by atoms with Crippen LogP contribution in [0.1, 0.15) is 0 Å². The minimum Gasteiger partial charge on any atom is -0.324 e. The van der Waals surface area contributed by atoms with Gasteiger partial charge in [0.2, 0.25) is 5.95 Å². The highest BCUT2D eigenvalue weighted by molar-refractivity contribution is 7.13. The summed E-state index contributed by atoms with van der Waals surface area (Å²) >= 11 is 1.66. The van der Waals surface area contributed by atoms with E-state index >= 15 is 0 Å². The number of benzene rings is 2. The van der Waals surface area contributed by atoms with Gasteiger partial charge in [-0.3, -0.25) is 0 Å². The lowest BCUT2D eigenvalue weighted by Gasteiger charge is -2.04. The Balaban J connectivity index is 1.54. The zero-order valence-corrected chi connectivity index (χ0v) is 13.6. The van der Waals surface area contributed by atoms with Crippen molar-refractivity contribution in [3.63, 3.8) is 0 Å². The Morgan fingerprint density at radius 1 is 0.750 bits per heavy atom. The van der Waals surface area contributed by atoms with E-state index in [-0.39, 0.29) is 0 Å². The van der Waals surface area contributed by atoms with E-state index in [9.17, 15) is 0 Å². The summed E-state index contributed by atoms with van der Waals surface area (Å²) in [5.41, 5.74) is 4.17. The number of hydrogen-bond acceptors (Lipinski definition) is 5. The minimum atomic E-state index is 0.588. The zero-order chi connectivity index (χ0) is 16.2. The Morgan fingerprint density at radius 3 is 2.25 bits per heavy atom. The average Bonchev–Trinajstić information content (AvgIpc) is 3.14. The molecule has 0 bridgehead atoms. The molecule has 0 fully saturated rings. The van der Waals surface area contributed by atoms with E-state index in [0.29, 0.717) is 5.95 Å². The third-order valence-corrected chi connectivity index (χ3v) is 4.42. The minimum absolute atomic E-state index is 0.588. The van der Waals surface area contributed by atoms with Gasteiger partial charge < -0.3 is 5.32 Å². The van der Waals surface area contributed by atoms with Crippen LogP contribution in [0.3, 0.4) is 0 Å². The fourth-order valence-electron chi connectivity index (χ4n) is 2.34. The maximum Gasteiger partial charge on any atom is 0.227 e. The monoisotopic (exact) mass is 330 g/mol. The van der Waals surface area contributed by atoms with Gasteiger partial charge in [0.1, 0.15) is 5.01 Å². The van der Waals surface area contributed by atoms with Crippen LogP contribution in [0.15, 0.2) is 78.4 Å². The van der Waals surface area contributed by atoms with Crippen LogP contribution in [0.5, 0.6) is 0 Å². The average molecular weight is 330 g/mol. The summed E-state index contributed by atoms with van der Waals surface area (Å²) in [5, 5.41) is 6.29. The second-order valence-electron chi connectivity index (χ2n) is 5.18. The summed E-state index contributed by atoms with van der Waals surface area (Å²) in [6, 6.07) is 20.1. The van der Waals surface area contributed by atoms with Crippen molar-refractivity contribution >= 4 is 23.0 Å². The van der Waals surface area contributed by atoms with Crippen LogP contribution < -0.4 is 5.32 Å². The molecule has 116 valence electrons. The number of hydrogen-bond donors (Lipinski definition) is 1.